The zero-order chi connectivity index (χ0) is 21.9. The van der Waals surface area contributed by atoms with E-state index >= 15 is 0 Å². The van der Waals surface area contributed by atoms with E-state index in [1.165, 1.54) is 33.9 Å². The fraction of sp³-hybridized carbons (Fsp3) is 0.364. The summed E-state index contributed by atoms with van der Waals surface area (Å²) in [7, 11) is 3.87. The van der Waals surface area contributed by atoms with Crippen LogP contribution in [-0.2, 0) is 12.6 Å². The van der Waals surface area contributed by atoms with Crippen LogP contribution in [0.2, 0.25) is 0 Å². The predicted octanol–water partition coefficient (Wildman–Crippen LogP) is 5.90. The maximum absolute atomic E-state index is 13.2. The summed E-state index contributed by atoms with van der Waals surface area (Å²) >= 11 is 1.38. The van der Waals surface area contributed by atoms with E-state index in [-0.39, 0.29) is 18.0 Å². The maximum Gasteiger partial charge on any atom is 0.416 e. The van der Waals surface area contributed by atoms with Crippen LogP contribution in [0, 0.1) is 0 Å². The standard InChI is InChI=1S/C22H24F3N3OS.ClH/c1-4-15-9-10-18-19(13-15)30-21(26-18)28(12-6-11-27(2)3)20(29)16-7-5-8-17(14-16)22(23,24)25;/h5,7-10,13-14H,4,6,11-12H2,1-3H3;1H. The second-order valence-corrected chi connectivity index (χ2v) is 8.35. The molecule has 0 aliphatic rings. The molecule has 0 unspecified atom stereocenters. The number of carbonyl (C=O) groups is 1. The first-order valence-electron chi connectivity index (χ1n) is 9.72. The van der Waals surface area contributed by atoms with E-state index in [1.54, 1.807) is 0 Å². The Balaban J connectivity index is 0.00000341. The van der Waals surface area contributed by atoms with Gasteiger partial charge in [0.15, 0.2) is 5.13 Å². The lowest BCUT2D eigenvalue weighted by atomic mass is 10.1. The number of hydrogen-bond donors (Lipinski definition) is 0. The van der Waals surface area contributed by atoms with Crippen molar-refractivity contribution in [3.05, 3.63) is 59.2 Å². The van der Waals surface area contributed by atoms with Crippen LogP contribution in [0.3, 0.4) is 0 Å². The Labute approximate surface area is 190 Å². The fourth-order valence-corrected chi connectivity index (χ4v) is 4.16. The lowest BCUT2D eigenvalue weighted by Gasteiger charge is -2.21. The Hall–Kier alpha value is -2.16. The third-order valence-corrected chi connectivity index (χ3v) is 5.79. The fourth-order valence-electron chi connectivity index (χ4n) is 3.11. The first-order valence-corrected chi connectivity index (χ1v) is 10.5. The zero-order valence-electron chi connectivity index (χ0n) is 17.6. The van der Waals surface area contributed by atoms with Crippen LogP contribution < -0.4 is 4.90 Å². The van der Waals surface area contributed by atoms with Gasteiger partial charge in [-0.25, -0.2) is 4.98 Å². The van der Waals surface area contributed by atoms with Gasteiger partial charge in [-0.2, -0.15) is 13.2 Å². The van der Waals surface area contributed by atoms with E-state index in [4.69, 9.17) is 0 Å². The molecule has 0 aliphatic heterocycles. The van der Waals surface area contributed by atoms with Crippen LogP contribution in [0.25, 0.3) is 10.2 Å². The Kier molecular flexibility index (Phi) is 8.45. The molecule has 0 bridgehead atoms. The number of thiazole rings is 1. The molecule has 0 N–H and O–H groups in total. The maximum atomic E-state index is 13.2. The molecule has 3 aromatic rings. The molecule has 1 aromatic heterocycles. The second kappa shape index (κ2) is 10.4. The van der Waals surface area contributed by atoms with Gasteiger partial charge >= 0.3 is 6.18 Å². The number of hydrogen-bond acceptors (Lipinski definition) is 4. The van der Waals surface area contributed by atoms with Gasteiger partial charge in [0.05, 0.1) is 15.8 Å². The number of aryl methyl sites for hydroxylation is 1. The van der Waals surface area contributed by atoms with Gasteiger partial charge in [0.2, 0.25) is 0 Å². The minimum Gasteiger partial charge on any atom is -0.309 e. The number of fused-ring (bicyclic) bond motifs is 1. The van der Waals surface area contributed by atoms with Crippen LogP contribution in [0.5, 0.6) is 0 Å². The quantitative estimate of drug-likeness (QED) is 0.430. The molecule has 0 fully saturated rings. The highest BCUT2D eigenvalue weighted by Gasteiger charge is 2.31. The Morgan fingerprint density at radius 1 is 1.10 bits per heavy atom. The van der Waals surface area contributed by atoms with Crippen molar-refractivity contribution < 1.29 is 18.0 Å². The zero-order valence-corrected chi connectivity index (χ0v) is 19.2. The van der Waals surface area contributed by atoms with Crippen LogP contribution in [0.4, 0.5) is 18.3 Å². The van der Waals surface area contributed by atoms with Crippen molar-refractivity contribution in [1.82, 2.24) is 9.88 Å². The van der Waals surface area contributed by atoms with Crippen molar-refractivity contribution in [2.24, 2.45) is 0 Å². The molecule has 0 atom stereocenters. The van der Waals surface area contributed by atoms with Gasteiger partial charge in [0.1, 0.15) is 0 Å². The number of amides is 1. The number of benzene rings is 2. The molecular formula is C22H25ClF3N3OS. The molecule has 0 radical (unpaired) electrons. The number of anilines is 1. The summed E-state index contributed by atoms with van der Waals surface area (Å²) < 4.78 is 40.3. The Morgan fingerprint density at radius 2 is 1.84 bits per heavy atom. The molecule has 0 spiro atoms. The molecule has 1 heterocycles. The SMILES string of the molecule is CCc1ccc2nc(N(CCCN(C)C)C(=O)c3cccc(C(F)(F)F)c3)sc2c1.Cl. The average molecular weight is 472 g/mol. The van der Waals surface area contributed by atoms with Crippen LogP contribution in [0.1, 0.15) is 34.8 Å². The number of nitrogens with zero attached hydrogens (tertiary/aromatic N) is 3. The monoisotopic (exact) mass is 471 g/mol. The largest absolute Gasteiger partial charge is 0.416 e. The number of rotatable bonds is 7. The van der Waals surface area contributed by atoms with Gasteiger partial charge in [-0.05, 0) is 69.4 Å². The Morgan fingerprint density at radius 3 is 2.48 bits per heavy atom. The lowest BCUT2D eigenvalue weighted by Crippen LogP contribution is -2.33. The highest BCUT2D eigenvalue weighted by molar-refractivity contribution is 7.22. The van der Waals surface area contributed by atoms with E-state index in [9.17, 15) is 18.0 Å². The van der Waals surface area contributed by atoms with Crippen molar-refractivity contribution in [3.8, 4) is 0 Å². The van der Waals surface area contributed by atoms with Gasteiger partial charge in [0.25, 0.3) is 5.91 Å². The first-order chi connectivity index (χ1) is 14.2. The van der Waals surface area contributed by atoms with Gasteiger partial charge in [-0.15, -0.1) is 12.4 Å². The van der Waals surface area contributed by atoms with Crippen molar-refractivity contribution >= 4 is 45.0 Å². The van der Waals surface area contributed by atoms with Crippen molar-refractivity contribution in [1.29, 1.82) is 0 Å². The van der Waals surface area contributed by atoms with E-state index in [0.29, 0.717) is 18.1 Å². The normalized spacial score (nSPS) is 11.6. The molecular weight excluding hydrogens is 447 g/mol. The molecule has 0 saturated heterocycles. The van der Waals surface area contributed by atoms with Gasteiger partial charge < -0.3 is 4.90 Å². The number of halogens is 4. The summed E-state index contributed by atoms with van der Waals surface area (Å²) in [6, 6.07) is 10.5. The minimum atomic E-state index is -4.50. The molecule has 168 valence electrons. The van der Waals surface area contributed by atoms with Gasteiger partial charge in [0, 0.05) is 12.1 Å². The van der Waals surface area contributed by atoms with Gasteiger partial charge in [-0.3, -0.25) is 9.69 Å². The third kappa shape index (κ3) is 6.18. The van der Waals surface area contributed by atoms with Crippen molar-refractivity contribution in [2.45, 2.75) is 25.9 Å². The van der Waals surface area contributed by atoms with Crippen molar-refractivity contribution in [3.63, 3.8) is 0 Å². The van der Waals surface area contributed by atoms with E-state index in [1.807, 2.05) is 37.2 Å². The van der Waals surface area contributed by atoms with Crippen LogP contribution in [0.15, 0.2) is 42.5 Å². The molecule has 3 rings (SSSR count). The molecule has 2 aromatic carbocycles. The highest BCUT2D eigenvalue weighted by atomic mass is 35.5. The highest BCUT2D eigenvalue weighted by Crippen LogP contribution is 2.33. The number of carbonyl (C=O) groups excluding carboxylic acids is 1. The molecule has 0 saturated carbocycles. The lowest BCUT2D eigenvalue weighted by molar-refractivity contribution is -0.137. The predicted molar refractivity (Wildman–Crippen MR) is 123 cm³/mol. The number of alkyl halides is 3. The van der Waals surface area contributed by atoms with E-state index in [0.717, 1.165) is 35.3 Å². The van der Waals surface area contributed by atoms with Gasteiger partial charge in [-0.1, -0.05) is 30.4 Å². The summed E-state index contributed by atoms with van der Waals surface area (Å²) in [6.07, 6.45) is -2.94. The molecule has 31 heavy (non-hydrogen) atoms. The molecule has 9 heteroatoms. The van der Waals surface area contributed by atoms with E-state index < -0.39 is 17.6 Å². The molecule has 4 nitrogen and oxygen atoms in total. The average Bonchev–Trinajstić information content (AvgIpc) is 3.12. The summed E-state index contributed by atoms with van der Waals surface area (Å²) in [4.78, 5) is 21.3. The third-order valence-electron chi connectivity index (χ3n) is 4.75. The topological polar surface area (TPSA) is 36.4 Å². The number of aromatic nitrogens is 1. The van der Waals surface area contributed by atoms with E-state index in [2.05, 4.69) is 11.9 Å². The smallest absolute Gasteiger partial charge is 0.309 e. The van der Waals surface area contributed by atoms with Crippen LogP contribution in [-0.4, -0.2) is 43.0 Å². The summed E-state index contributed by atoms with van der Waals surface area (Å²) in [5, 5.41) is 0.499. The Bertz CT molecular complexity index is 1040. The van der Waals surface area contributed by atoms with Crippen molar-refractivity contribution in [2.75, 3.05) is 32.1 Å². The molecule has 1 amide bonds. The minimum absolute atomic E-state index is 0. The van der Waals surface area contributed by atoms with Crippen LogP contribution >= 0.6 is 23.7 Å². The summed E-state index contributed by atoms with van der Waals surface area (Å²) in [6.45, 7) is 3.18. The second-order valence-electron chi connectivity index (χ2n) is 7.34. The summed E-state index contributed by atoms with van der Waals surface area (Å²) in [5.41, 5.74) is 1.12. The molecule has 0 aliphatic carbocycles. The summed E-state index contributed by atoms with van der Waals surface area (Å²) in [5.74, 6) is -0.477. The first kappa shape index (κ1) is 25.1.